The van der Waals surface area contributed by atoms with E-state index in [9.17, 15) is 9.59 Å². The van der Waals surface area contributed by atoms with Gasteiger partial charge in [-0.15, -0.1) is 23.1 Å². The molecule has 2 heterocycles. The largest absolute Gasteiger partial charge is 0.462 e. The minimum atomic E-state index is -0.366. The van der Waals surface area contributed by atoms with Crippen LogP contribution in [0.1, 0.15) is 43.6 Å². The Morgan fingerprint density at radius 3 is 2.72 bits per heavy atom. The van der Waals surface area contributed by atoms with Crippen LogP contribution in [0.25, 0.3) is 0 Å². The van der Waals surface area contributed by atoms with Crippen LogP contribution in [0.4, 0.5) is 5.00 Å². The highest BCUT2D eigenvalue weighted by molar-refractivity contribution is 7.98. The Bertz CT molecular complexity index is 1110. The number of ether oxygens (including phenoxy) is 1. The van der Waals surface area contributed by atoms with Crippen LogP contribution in [0.3, 0.4) is 0 Å². The van der Waals surface area contributed by atoms with Gasteiger partial charge in [0, 0.05) is 35.0 Å². The topological polar surface area (TPSA) is 58.6 Å². The summed E-state index contributed by atoms with van der Waals surface area (Å²) in [5, 5.41) is 3.57. The van der Waals surface area contributed by atoms with Crippen molar-refractivity contribution >= 4 is 40.0 Å². The number of rotatable bonds is 7. The monoisotopic (exact) mass is 466 g/mol. The van der Waals surface area contributed by atoms with Gasteiger partial charge in [-0.3, -0.25) is 9.69 Å². The molecular weight excluding hydrogens is 440 g/mol. The molecule has 7 heteroatoms. The number of nitrogens with one attached hydrogen (secondary N) is 1. The number of thioether (sulfide) groups is 1. The van der Waals surface area contributed by atoms with Gasteiger partial charge in [0.2, 0.25) is 0 Å². The second kappa shape index (κ2) is 10.3. The predicted octanol–water partition coefficient (Wildman–Crippen LogP) is 5.46. The average molecular weight is 467 g/mol. The molecule has 0 spiro atoms. The molecule has 0 fully saturated rings. The average Bonchev–Trinajstić information content (AvgIpc) is 3.17. The first-order chi connectivity index (χ1) is 15.6. The Morgan fingerprint density at radius 2 is 1.97 bits per heavy atom. The molecule has 1 aromatic heterocycles. The van der Waals surface area contributed by atoms with E-state index in [-0.39, 0.29) is 11.9 Å². The van der Waals surface area contributed by atoms with Crippen LogP contribution in [-0.2, 0) is 24.2 Å². The van der Waals surface area contributed by atoms with Crippen LogP contribution < -0.4 is 5.32 Å². The Hall–Kier alpha value is -2.61. The number of benzene rings is 2. The summed E-state index contributed by atoms with van der Waals surface area (Å²) in [5.74, 6) is -0.583. The summed E-state index contributed by atoms with van der Waals surface area (Å²) < 4.78 is 5.34. The van der Waals surface area contributed by atoms with Crippen LogP contribution in [0.15, 0.2) is 59.5 Å². The first-order valence-corrected chi connectivity index (χ1v) is 12.7. The van der Waals surface area contributed by atoms with E-state index in [1.165, 1.54) is 16.9 Å². The van der Waals surface area contributed by atoms with Crippen molar-refractivity contribution in [2.75, 3.05) is 24.7 Å². The Morgan fingerprint density at radius 1 is 1.16 bits per heavy atom. The molecule has 0 atom stereocenters. The van der Waals surface area contributed by atoms with Crippen molar-refractivity contribution in [2.45, 2.75) is 31.3 Å². The summed E-state index contributed by atoms with van der Waals surface area (Å²) in [6.45, 7) is 4.56. The Kier molecular flexibility index (Phi) is 7.29. The maximum Gasteiger partial charge on any atom is 0.341 e. The lowest BCUT2D eigenvalue weighted by Crippen LogP contribution is -2.29. The number of esters is 1. The molecule has 0 saturated carbocycles. The van der Waals surface area contributed by atoms with Crippen LogP contribution >= 0.6 is 23.1 Å². The lowest BCUT2D eigenvalue weighted by molar-refractivity contribution is 0.0526. The number of carbonyl (C=O) groups excluding carboxylic acids is 2. The van der Waals surface area contributed by atoms with Crippen molar-refractivity contribution < 1.29 is 14.3 Å². The first-order valence-electron chi connectivity index (χ1n) is 10.6. The zero-order chi connectivity index (χ0) is 22.5. The number of hydrogen-bond acceptors (Lipinski definition) is 6. The van der Waals surface area contributed by atoms with E-state index in [4.69, 9.17) is 4.74 Å². The van der Waals surface area contributed by atoms with Gasteiger partial charge in [0.1, 0.15) is 5.00 Å². The first kappa shape index (κ1) is 22.6. The summed E-state index contributed by atoms with van der Waals surface area (Å²) in [6, 6.07) is 17.9. The molecule has 2 aromatic carbocycles. The maximum atomic E-state index is 13.0. The van der Waals surface area contributed by atoms with Crippen molar-refractivity contribution in [3.8, 4) is 0 Å². The smallest absolute Gasteiger partial charge is 0.341 e. The van der Waals surface area contributed by atoms with E-state index in [1.54, 1.807) is 24.8 Å². The number of nitrogens with zero attached hydrogens (tertiary/aromatic N) is 1. The Labute approximate surface area is 196 Å². The SMILES string of the molecule is CCOC(=O)c1c(NC(=O)c2cccc(SC)c2)sc2c1CCN(Cc1ccccc1)C2. The van der Waals surface area contributed by atoms with Gasteiger partial charge >= 0.3 is 5.97 Å². The molecule has 4 rings (SSSR count). The van der Waals surface area contributed by atoms with Gasteiger partial charge < -0.3 is 10.1 Å². The highest BCUT2D eigenvalue weighted by Crippen LogP contribution is 2.38. The summed E-state index contributed by atoms with van der Waals surface area (Å²) in [4.78, 5) is 30.3. The summed E-state index contributed by atoms with van der Waals surface area (Å²) in [6.07, 6.45) is 2.73. The van der Waals surface area contributed by atoms with Crippen molar-refractivity contribution in [2.24, 2.45) is 0 Å². The lowest BCUT2D eigenvalue weighted by atomic mass is 10.0. The van der Waals surface area contributed by atoms with E-state index in [0.717, 1.165) is 41.4 Å². The molecule has 1 aliphatic rings. The molecule has 1 N–H and O–H groups in total. The van der Waals surface area contributed by atoms with Gasteiger partial charge in [-0.2, -0.15) is 0 Å². The molecule has 0 aliphatic carbocycles. The molecule has 3 aromatic rings. The molecule has 5 nitrogen and oxygen atoms in total. The van der Waals surface area contributed by atoms with E-state index in [2.05, 4.69) is 22.3 Å². The van der Waals surface area contributed by atoms with E-state index >= 15 is 0 Å². The number of hydrogen-bond donors (Lipinski definition) is 1. The van der Waals surface area contributed by atoms with Gasteiger partial charge in [-0.25, -0.2) is 4.79 Å². The number of fused-ring (bicyclic) bond motifs is 1. The maximum absolute atomic E-state index is 13.0. The molecule has 1 amide bonds. The van der Waals surface area contributed by atoms with Crippen LogP contribution in [0.5, 0.6) is 0 Å². The molecule has 0 bridgehead atoms. The fourth-order valence-corrected chi connectivity index (χ4v) is 5.61. The number of anilines is 1. The highest BCUT2D eigenvalue weighted by Gasteiger charge is 2.29. The van der Waals surface area contributed by atoms with Gasteiger partial charge in [0.25, 0.3) is 5.91 Å². The second-order valence-corrected chi connectivity index (χ2v) is 9.55. The fourth-order valence-electron chi connectivity index (χ4n) is 3.88. The molecular formula is C25H26N2O3S2. The molecule has 166 valence electrons. The standard InChI is InChI=1S/C25H26N2O3S2/c1-3-30-25(29)22-20-12-13-27(15-17-8-5-4-6-9-17)16-21(20)32-24(22)26-23(28)18-10-7-11-19(14-18)31-2/h4-11,14H,3,12-13,15-16H2,1-2H3,(H,26,28). The molecule has 32 heavy (non-hydrogen) atoms. The van der Waals surface area contributed by atoms with Crippen molar-refractivity contribution in [3.63, 3.8) is 0 Å². The second-order valence-electron chi connectivity index (χ2n) is 7.56. The van der Waals surface area contributed by atoms with Crippen LogP contribution in [0.2, 0.25) is 0 Å². The molecule has 0 unspecified atom stereocenters. The van der Waals surface area contributed by atoms with Crippen molar-refractivity contribution in [1.82, 2.24) is 4.90 Å². The fraction of sp³-hybridized carbons (Fsp3) is 0.280. The van der Waals surface area contributed by atoms with E-state index in [1.807, 2.05) is 42.7 Å². The zero-order valence-electron chi connectivity index (χ0n) is 18.2. The molecule has 0 radical (unpaired) electrons. The predicted molar refractivity (Wildman–Crippen MR) is 131 cm³/mol. The molecule has 0 saturated heterocycles. The third-order valence-corrected chi connectivity index (χ3v) is 7.28. The summed E-state index contributed by atoms with van der Waals surface area (Å²) in [7, 11) is 0. The zero-order valence-corrected chi connectivity index (χ0v) is 19.9. The third-order valence-electron chi connectivity index (χ3n) is 5.42. The van der Waals surface area contributed by atoms with Gasteiger partial charge in [-0.1, -0.05) is 36.4 Å². The normalized spacial score (nSPS) is 13.4. The number of carbonyl (C=O) groups is 2. The highest BCUT2D eigenvalue weighted by atomic mass is 32.2. The van der Waals surface area contributed by atoms with Gasteiger partial charge in [0.05, 0.1) is 12.2 Å². The van der Waals surface area contributed by atoms with E-state index < -0.39 is 0 Å². The van der Waals surface area contributed by atoms with Crippen LogP contribution in [0, 0.1) is 0 Å². The summed E-state index contributed by atoms with van der Waals surface area (Å²) in [5.41, 5.74) is 3.36. The molecule has 1 aliphatic heterocycles. The minimum absolute atomic E-state index is 0.216. The van der Waals surface area contributed by atoms with Crippen molar-refractivity contribution in [3.05, 3.63) is 81.7 Å². The third kappa shape index (κ3) is 5.06. The number of amides is 1. The van der Waals surface area contributed by atoms with Gasteiger partial charge in [0.15, 0.2) is 0 Å². The number of thiophene rings is 1. The van der Waals surface area contributed by atoms with E-state index in [0.29, 0.717) is 22.7 Å². The Balaban J connectivity index is 1.59. The minimum Gasteiger partial charge on any atom is -0.462 e. The lowest BCUT2D eigenvalue weighted by Gasteiger charge is -2.27. The van der Waals surface area contributed by atoms with Crippen molar-refractivity contribution in [1.29, 1.82) is 0 Å². The quantitative estimate of drug-likeness (QED) is 0.370. The van der Waals surface area contributed by atoms with Crippen LogP contribution in [-0.4, -0.2) is 36.2 Å². The van der Waals surface area contributed by atoms with Gasteiger partial charge in [-0.05, 0) is 48.9 Å². The summed E-state index contributed by atoms with van der Waals surface area (Å²) >= 11 is 3.07.